The van der Waals surface area contributed by atoms with E-state index in [0.717, 1.165) is 70.1 Å². The molecule has 21 unspecified atom stereocenters. The lowest BCUT2D eigenvalue weighted by atomic mass is 9.47. The normalized spacial score (nSPS) is 30.4. The Morgan fingerprint density at radius 3 is 2.14 bits per heavy atom. The minimum absolute atomic E-state index is 0.0221. The molecule has 4 aliphatic heterocycles. The lowest BCUT2D eigenvalue weighted by Crippen LogP contribution is -2.61. The predicted molar refractivity (Wildman–Crippen MR) is 479 cm³/mol. The first-order chi connectivity index (χ1) is 60.0. The molecule has 0 spiro atoms. The number of aryl methyl sites for hydroxylation is 1. The molecule has 0 radical (unpaired) electrons. The van der Waals surface area contributed by atoms with E-state index < -0.39 is 145 Å². The lowest BCUT2D eigenvalue weighted by Gasteiger charge is -2.58. The smallest absolute Gasteiger partial charge is 0.407 e. The van der Waals surface area contributed by atoms with Gasteiger partial charge >= 0.3 is 6.09 Å². The molecule has 28 nitrogen and oxygen atoms in total. The third-order valence-electron chi connectivity index (χ3n) is 28.4. The van der Waals surface area contributed by atoms with Crippen LogP contribution in [-0.2, 0) is 67.8 Å². The zero-order chi connectivity index (χ0) is 89.2. The van der Waals surface area contributed by atoms with E-state index in [-0.39, 0.29) is 92.5 Å². The Hall–Kier alpha value is -8.94. The van der Waals surface area contributed by atoms with Crippen molar-refractivity contribution in [2.24, 2.45) is 59.3 Å². The highest BCUT2D eigenvalue weighted by Crippen LogP contribution is 2.67. The van der Waals surface area contributed by atoms with Crippen molar-refractivity contribution >= 4 is 86.6 Å². The van der Waals surface area contributed by atoms with Crippen molar-refractivity contribution < 1.29 is 77.4 Å². The Labute approximate surface area is 744 Å². The molecular weight excluding hydrogens is 1630 g/mol. The Morgan fingerprint density at radius 1 is 0.696 bits per heavy atom. The van der Waals surface area contributed by atoms with Crippen LogP contribution >= 0.6 is 21.6 Å². The summed E-state index contributed by atoms with van der Waals surface area (Å²) in [7, 11) is 3.73. The van der Waals surface area contributed by atoms with E-state index in [1.807, 2.05) is 24.3 Å². The highest BCUT2D eigenvalue weighted by molar-refractivity contribution is 8.76. The molecule has 5 aliphatic carbocycles. The van der Waals surface area contributed by atoms with Gasteiger partial charge in [-0.05, 0) is 185 Å². The lowest BCUT2D eigenvalue weighted by molar-refractivity contribution is -0.671. The summed E-state index contributed by atoms with van der Waals surface area (Å²) in [5.41, 5.74) is 4.23. The summed E-state index contributed by atoms with van der Waals surface area (Å²) in [5, 5.41) is 61.4. The van der Waals surface area contributed by atoms with Gasteiger partial charge in [0.25, 0.3) is 5.91 Å². The summed E-state index contributed by atoms with van der Waals surface area (Å²) < 4.78 is 7.93. The number of Topliss-reactive ketones (excluding diaryl/α,β-unsaturated/α-hetero) is 1. The number of ether oxygens (including phenoxy) is 1. The maximum atomic E-state index is 15.6. The minimum Gasteiger partial charge on any atom is -0.446 e. The monoisotopic (exact) mass is 1760 g/mol. The number of benzene rings is 2. The van der Waals surface area contributed by atoms with Crippen LogP contribution in [0.2, 0.25) is 0 Å². The molecule has 680 valence electrons. The number of likely N-dealkylation sites (tertiary alicyclic amines) is 2. The first-order valence-corrected chi connectivity index (χ1v) is 48.2. The van der Waals surface area contributed by atoms with Gasteiger partial charge in [0.05, 0.1) is 49.5 Å². The van der Waals surface area contributed by atoms with E-state index in [9.17, 15) is 44.1 Å². The fraction of sp³-hybridized carbons (Fsp3) is 0.621. The number of rotatable bonds is 28. The van der Waals surface area contributed by atoms with Gasteiger partial charge in [0.15, 0.2) is 18.2 Å². The van der Waals surface area contributed by atoms with Gasteiger partial charge in [0.1, 0.15) is 61.0 Å². The maximum absolute atomic E-state index is 15.6. The van der Waals surface area contributed by atoms with Gasteiger partial charge < -0.3 is 77.7 Å². The number of aliphatic hydroxyl groups is 3. The Balaban J connectivity index is 0.770. The number of aliphatic hydroxyl groups excluding tert-OH is 3. The highest BCUT2D eigenvalue weighted by atomic mass is 33.1. The third-order valence-corrected chi connectivity index (χ3v) is 30.8. The van der Waals surface area contributed by atoms with Crippen molar-refractivity contribution in [2.75, 3.05) is 44.3 Å². The molecule has 3 aromatic rings. The van der Waals surface area contributed by atoms with E-state index >= 15 is 24.0 Å². The van der Waals surface area contributed by atoms with Crippen LogP contribution in [-0.4, -0.2) is 219 Å². The van der Waals surface area contributed by atoms with E-state index in [1.54, 1.807) is 108 Å². The summed E-state index contributed by atoms with van der Waals surface area (Å²) in [5.74, 6) is -3.77. The second-order valence-electron chi connectivity index (χ2n) is 37.4. The number of unbranched alkanes of at least 4 members (excludes halogenated alkanes) is 1. The number of fused-ring (bicyclic) bond motifs is 6. The number of hydrogen-bond donors (Lipinski definition) is 13. The zero-order valence-electron chi connectivity index (χ0n) is 73.9. The van der Waals surface area contributed by atoms with Gasteiger partial charge in [0, 0.05) is 62.4 Å². The number of hydrogen-bond acceptors (Lipinski definition) is 19. The zero-order valence-corrected chi connectivity index (χ0v) is 75.5. The summed E-state index contributed by atoms with van der Waals surface area (Å²) in [6.45, 7) is 14.3. The van der Waals surface area contributed by atoms with Gasteiger partial charge in [-0.1, -0.05) is 172 Å². The van der Waals surface area contributed by atoms with Crippen molar-refractivity contribution in [1.82, 2.24) is 63.0 Å². The minimum atomic E-state index is -1.74. The van der Waals surface area contributed by atoms with Gasteiger partial charge in [-0.25, -0.2) is 9.36 Å². The first kappa shape index (κ1) is 95.2. The molecule has 6 fully saturated rings. The Bertz CT molecular complexity index is 4420. The molecule has 13 N–H and O–H groups in total. The number of carbonyl (C=O) groups is 11. The third kappa shape index (κ3) is 24.1. The van der Waals surface area contributed by atoms with Gasteiger partial charge in [-0.15, -0.1) is 0 Å². The van der Waals surface area contributed by atoms with Crippen LogP contribution in [0.1, 0.15) is 192 Å². The van der Waals surface area contributed by atoms with Crippen molar-refractivity contribution in [1.29, 1.82) is 0 Å². The van der Waals surface area contributed by atoms with Crippen LogP contribution in [0.5, 0.6) is 0 Å². The average Bonchev–Trinajstić information content (AvgIpc) is 1.64. The Morgan fingerprint density at radius 2 is 1.41 bits per heavy atom. The maximum Gasteiger partial charge on any atom is 0.407 e. The number of nitrogens with one attached hydrogen (secondary N) is 10. The fourth-order valence-corrected chi connectivity index (χ4v) is 23.7. The number of amides is 10. The molecule has 1 aromatic heterocycles. The number of aromatic nitrogens is 1. The van der Waals surface area contributed by atoms with Crippen LogP contribution in [0.3, 0.4) is 0 Å². The number of alkyl carbamates (subject to hydrolysis) is 1. The molecule has 5 heterocycles. The van der Waals surface area contributed by atoms with Crippen LogP contribution in [0.25, 0.3) is 0 Å². The van der Waals surface area contributed by atoms with Crippen LogP contribution in [0.4, 0.5) is 4.79 Å². The molecule has 2 aromatic carbocycles. The quantitative estimate of drug-likeness (QED) is 0.0151. The van der Waals surface area contributed by atoms with E-state index in [4.69, 9.17) is 4.74 Å². The molecular formula is C95H134N13O15S2+. The summed E-state index contributed by atoms with van der Waals surface area (Å²) >= 11 is 0. The van der Waals surface area contributed by atoms with Crippen LogP contribution in [0.15, 0.2) is 133 Å². The van der Waals surface area contributed by atoms with Crippen molar-refractivity contribution in [3.8, 4) is 0 Å². The summed E-state index contributed by atoms with van der Waals surface area (Å²) in [6.07, 6.45) is 26.4. The van der Waals surface area contributed by atoms with Gasteiger partial charge in [0.2, 0.25) is 47.3 Å². The number of nitrogens with zero attached hydrogens (tertiary/aromatic N) is 3. The molecule has 9 aliphatic rings. The summed E-state index contributed by atoms with van der Waals surface area (Å²) in [4.78, 5) is 167. The number of carbonyl (C=O) groups excluding carboxylic acids is 11. The van der Waals surface area contributed by atoms with E-state index in [1.165, 1.54) is 69.3 Å². The SMILES string of the molecule is CC(C)CCCC(C)C1CCC2C3CC=C4C[C@@H](OC(=O)NCCCCC5NCC(=O)C(CC6=CNC7C=CC=CC67)NC(=O)C(Cc6ccccc6)NC(=O)C(NC(=O)C(Cc6ccccc6)NC(=O)C6CCCN6C(=O)C6CCCN6C(=O)c6ccc[n+](C)c6)CSSCC(C(=O)NC(CO)C(C)O)NC(=O)C(C(C)O)NC5=O)CCC4(C)C3CCC12C. The predicted octanol–water partition coefficient (Wildman–Crippen LogP) is 6.96. The second kappa shape index (κ2) is 44.2. The summed E-state index contributed by atoms with van der Waals surface area (Å²) in [6, 6.07) is 7.58. The van der Waals surface area contributed by atoms with Gasteiger partial charge in [-0.2, -0.15) is 0 Å². The molecule has 12 rings (SSSR count). The molecule has 125 heavy (non-hydrogen) atoms. The molecule has 10 amide bonds. The van der Waals surface area contributed by atoms with Crippen molar-refractivity contribution in [3.63, 3.8) is 0 Å². The standard InChI is InChI=1S/C95H133N13O15S2/c1-57(2)23-19-24-58(3)69-37-38-70-68-36-35-65-50-66(39-41-94(65,6)71(68)40-42-95(69,70)7)123-93(122)96-43-18-17-32-73-84(113)105-83(60(5)111)90(119)104-79(88(117)102-77(54-109)59(4)110)56-125-124-55-78(87(116)100-75(47-61-25-11-9-12-26-61)85(114)99-74(82(112)52-98-73)49-64-51-97-72-31-16-15-30-67(64)72)103-86(115)76(48-62-27-13-10-14-28-62)101-89(118)80-33-21-45-107(80)92(121)81-34-22-46-108(81)91(120)63-29-20-44-106(8)53-63/h9-16,20,25-31,35,44,51,53,57-60,66-81,83,97-98,109-111H,17-19,21-24,32-34,36-43,45-50,52,54-56H2,1-8H3,(H7-,96,99,100,101,102,103,104,105,113,114,115,116,117,118,119,122)/p+1/t58?,59?,60?,66-,67?,68?,69?,70?,71?,72?,73?,74?,75?,76?,77?,78?,79?,80?,81?,83?,94?,95?/m0/s1. The fourth-order valence-electron chi connectivity index (χ4n) is 21.3. The molecule has 30 heteroatoms. The topological polar surface area (TPSA) is 388 Å². The number of pyridine rings is 1. The molecule has 0 bridgehead atoms. The number of ketones is 1. The Kier molecular flexibility index (Phi) is 33.6. The van der Waals surface area contributed by atoms with Crippen LogP contribution in [0, 0.1) is 52.3 Å². The number of allylic oxidation sites excluding steroid dienone is 3. The average molecular weight is 1760 g/mol. The second-order valence-corrected chi connectivity index (χ2v) is 40.0. The highest BCUT2D eigenvalue weighted by Gasteiger charge is 2.60. The molecule has 3 saturated heterocycles. The van der Waals surface area contributed by atoms with Crippen molar-refractivity contribution in [2.45, 2.75) is 268 Å². The van der Waals surface area contributed by atoms with Crippen molar-refractivity contribution in [3.05, 3.63) is 150 Å². The van der Waals surface area contributed by atoms with E-state index in [2.05, 4.69) is 93.9 Å². The molecule has 22 atom stereocenters. The van der Waals surface area contributed by atoms with E-state index in [0.29, 0.717) is 72.6 Å². The van der Waals surface area contributed by atoms with Gasteiger partial charge in [-0.3, -0.25) is 53.3 Å². The largest absolute Gasteiger partial charge is 0.446 e. The van der Waals surface area contributed by atoms with Crippen LogP contribution < -0.4 is 57.7 Å². The molecule has 3 saturated carbocycles. The first-order valence-electron chi connectivity index (χ1n) is 45.7.